The predicted molar refractivity (Wildman–Crippen MR) is 83.6 cm³/mol. The van der Waals surface area contributed by atoms with Crippen molar-refractivity contribution in [2.45, 2.75) is 24.7 Å². The molecule has 0 N–H and O–H groups in total. The van der Waals surface area contributed by atoms with E-state index in [1.807, 2.05) is 11.0 Å². The van der Waals surface area contributed by atoms with E-state index in [0.717, 1.165) is 45.6 Å². The fraction of sp³-hybridized carbons (Fsp3) is 0.533. The fourth-order valence-electron chi connectivity index (χ4n) is 2.98. The summed E-state index contributed by atoms with van der Waals surface area (Å²) in [6, 6.07) is 6.99. The second kappa shape index (κ2) is 5.77. The number of sulfone groups is 1. The quantitative estimate of drug-likeness (QED) is 0.795. The monoisotopic (exact) mass is 307 g/mol. The molecule has 0 bridgehead atoms. The molecular weight excluding hydrogens is 286 g/mol. The first-order valence-electron chi connectivity index (χ1n) is 7.53. The maximum atomic E-state index is 12.6. The Morgan fingerprint density at radius 2 is 1.76 bits per heavy atom. The summed E-state index contributed by atoms with van der Waals surface area (Å²) in [6.07, 6.45) is 1.94. The lowest BCUT2D eigenvalue weighted by Gasteiger charge is -2.30. The molecular formula is C15H21N3O2S. The largest absolute Gasteiger partial charge is 0.347 e. The molecule has 114 valence electrons. The van der Waals surface area contributed by atoms with Crippen LogP contribution < -0.4 is 0 Å². The third kappa shape index (κ3) is 2.70. The number of hydrogen-bond acceptors (Lipinski definition) is 5. The lowest BCUT2D eigenvalue weighted by molar-refractivity contribution is 0.232. The minimum atomic E-state index is -3.43. The molecule has 2 heterocycles. The molecule has 0 amide bonds. The van der Waals surface area contributed by atoms with Crippen molar-refractivity contribution < 1.29 is 8.42 Å². The van der Waals surface area contributed by atoms with Crippen LogP contribution in [0, 0.1) is 0 Å². The average Bonchev–Trinajstić information content (AvgIpc) is 2.71. The van der Waals surface area contributed by atoms with Crippen LogP contribution in [0.25, 0.3) is 0 Å². The summed E-state index contributed by atoms with van der Waals surface area (Å²) in [5, 5.41) is 0.244. The number of hydrogen-bond donors (Lipinski definition) is 0. The number of benzene rings is 1. The summed E-state index contributed by atoms with van der Waals surface area (Å²) in [5.74, 6) is 0. The van der Waals surface area contributed by atoms with Gasteiger partial charge >= 0.3 is 0 Å². The SMILES string of the molecule is CCN1CCCN(C2=Nc3ccccc3S2(=O)=O)CCC1. The lowest BCUT2D eigenvalue weighted by atomic mass is 10.2. The summed E-state index contributed by atoms with van der Waals surface area (Å²) in [6.45, 7) is 6.78. The van der Waals surface area contributed by atoms with E-state index in [1.165, 1.54) is 0 Å². The molecule has 1 aromatic carbocycles. The third-order valence-corrected chi connectivity index (χ3v) is 5.89. The number of rotatable bonds is 1. The van der Waals surface area contributed by atoms with Crippen LogP contribution in [-0.2, 0) is 9.84 Å². The van der Waals surface area contributed by atoms with Gasteiger partial charge in [-0.1, -0.05) is 19.1 Å². The van der Waals surface area contributed by atoms with Gasteiger partial charge in [-0.3, -0.25) is 0 Å². The van der Waals surface area contributed by atoms with E-state index in [-0.39, 0.29) is 5.17 Å². The Bertz CT molecular complexity index is 645. The zero-order chi connectivity index (χ0) is 14.9. The minimum Gasteiger partial charge on any atom is -0.347 e. The molecule has 0 saturated carbocycles. The van der Waals surface area contributed by atoms with E-state index in [2.05, 4.69) is 16.8 Å². The van der Waals surface area contributed by atoms with Crippen LogP contribution in [-0.4, -0.2) is 56.1 Å². The molecule has 2 aliphatic heterocycles. The van der Waals surface area contributed by atoms with Gasteiger partial charge in [-0.25, -0.2) is 13.4 Å². The van der Waals surface area contributed by atoms with Crippen molar-refractivity contribution >= 4 is 20.7 Å². The standard InChI is InChI=1S/C15H21N3O2S/c1-2-17-9-5-11-18(12-6-10-17)15-16-13-7-3-4-8-14(13)21(15,19)20/h3-4,7-8H,2,5-6,9-12H2,1H3. The third-order valence-electron chi connectivity index (χ3n) is 4.13. The van der Waals surface area contributed by atoms with Gasteiger partial charge in [0.05, 0.1) is 5.69 Å². The molecule has 1 aromatic rings. The molecule has 0 aliphatic carbocycles. The van der Waals surface area contributed by atoms with E-state index in [1.54, 1.807) is 18.2 Å². The number of fused-ring (bicyclic) bond motifs is 1. The first-order chi connectivity index (χ1) is 10.1. The van der Waals surface area contributed by atoms with Gasteiger partial charge in [-0.2, -0.15) is 0 Å². The highest BCUT2D eigenvalue weighted by Gasteiger charge is 2.35. The molecule has 0 radical (unpaired) electrons. The fourth-order valence-corrected chi connectivity index (χ4v) is 4.56. The Hall–Kier alpha value is -1.40. The number of nitrogens with zero attached hydrogens (tertiary/aromatic N) is 3. The van der Waals surface area contributed by atoms with Crippen LogP contribution in [0.5, 0.6) is 0 Å². The maximum Gasteiger partial charge on any atom is 0.241 e. The zero-order valence-electron chi connectivity index (χ0n) is 12.3. The van der Waals surface area contributed by atoms with Gasteiger partial charge in [-0.15, -0.1) is 0 Å². The second-order valence-corrected chi connectivity index (χ2v) is 7.31. The van der Waals surface area contributed by atoms with E-state index in [4.69, 9.17) is 0 Å². The van der Waals surface area contributed by atoms with Crippen molar-refractivity contribution in [3.05, 3.63) is 24.3 Å². The zero-order valence-corrected chi connectivity index (χ0v) is 13.1. The smallest absolute Gasteiger partial charge is 0.241 e. The highest BCUT2D eigenvalue weighted by molar-refractivity contribution is 8.06. The van der Waals surface area contributed by atoms with Crippen molar-refractivity contribution in [2.24, 2.45) is 4.99 Å². The van der Waals surface area contributed by atoms with Crippen molar-refractivity contribution in [1.82, 2.24) is 9.80 Å². The first kappa shape index (κ1) is 14.5. The Balaban J connectivity index is 1.82. The van der Waals surface area contributed by atoms with Crippen LogP contribution in [0.3, 0.4) is 0 Å². The Kier molecular flexibility index (Phi) is 3.99. The summed E-state index contributed by atoms with van der Waals surface area (Å²) >= 11 is 0. The van der Waals surface area contributed by atoms with Gasteiger partial charge in [0.2, 0.25) is 15.0 Å². The molecule has 0 aromatic heterocycles. The van der Waals surface area contributed by atoms with Gasteiger partial charge in [0.25, 0.3) is 0 Å². The number of para-hydroxylation sites is 1. The average molecular weight is 307 g/mol. The van der Waals surface area contributed by atoms with Crippen molar-refractivity contribution in [3.63, 3.8) is 0 Å². The van der Waals surface area contributed by atoms with Gasteiger partial charge < -0.3 is 9.80 Å². The molecule has 0 spiro atoms. The lowest BCUT2D eigenvalue weighted by Crippen LogP contribution is -2.41. The maximum absolute atomic E-state index is 12.6. The van der Waals surface area contributed by atoms with E-state index >= 15 is 0 Å². The van der Waals surface area contributed by atoms with Crippen molar-refractivity contribution in [2.75, 3.05) is 32.7 Å². The molecule has 2 aliphatic rings. The molecule has 5 nitrogen and oxygen atoms in total. The van der Waals surface area contributed by atoms with Crippen LogP contribution in [0.15, 0.2) is 34.2 Å². The molecule has 21 heavy (non-hydrogen) atoms. The molecule has 0 atom stereocenters. The summed E-state index contributed by atoms with van der Waals surface area (Å²) in [7, 11) is -3.43. The van der Waals surface area contributed by atoms with Gasteiger partial charge in [-0.05, 0) is 44.6 Å². The first-order valence-corrected chi connectivity index (χ1v) is 9.01. The highest BCUT2D eigenvalue weighted by atomic mass is 32.2. The second-order valence-electron chi connectivity index (χ2n) is 5.49. The minimum absolute atomic E-state index is 0.244. The molecule has 1 saturated heterocycles. The Labute approximate surface area is 126 Å². The number of amidine groups is 1. The Morgan fingerprint density at radius 3 is 2.38 bits per heavy atom. The summed E-state index contributed by atoms with van der Waals surface area (Å²) < 4.78 is 25.2. The predicted octanol–water partition coefficient (Wildman–Crippen LogP) is 1.88. The van der Waals surface area contributed by atoms with Crippen molar-refractivity contribution in [3.8, 4) is 0 Å². The van der Waals surface area contributed by atoms with Crippen molar-refractivity contribution in [1.29, 1.82) is 0 Å². The molecule has 6 heteroatoms. The molecule has 3 rings (SSSR count). The van der Waals surface area contributed by atoms with Crippen LogP contribution in [0.1, 0.15) is 19.8 Å². The Morgan fingerprint density at radius 1 is 1.10 bits per heavy atom. The van der Waals surface area contributed by atoms with Crippen LogP contribution in [0.2, 0.25) is 0 Å². The van der Waals surface area contributed by atoms with E-state index < -0.39 is 9.84 Å². The summed E-state index contributed by atoms with van der Waals surface area (Å²) in [5.41, 5.74) is 0.574. The highest BCUT2D eigenvalue weighted by Crippen LogP contribution is 2.33. The van der Waals surface area contributed by atoms with Crippen LogP contribution in [0.4, 0.5) is 5.69 Å². The van der Waals surface area contributed by atoms with Gasteiger partial charge in [0, 0.05) is 13.1 Å². The van der Waals surface area contributed by atoms with E-state index in [9.17, 15) is 8.42 Å². The van der Waals surface area contributed by atoms with E-state index in [0.29, 0.717) is 10.6 Å². The number of aliphatic imine (C=N–C) groups is 1. The van der Waals surface area contributed by atoms with Crippen LogP contribution >= 0.6 is 0 Å². The van der Waals surface area contributed by atoms with Gasteiger partial charge in [0.1, 0.15) is 4.90 Å². The molecule has 1 fully saturated rings. The normalized spacial score (nSPS) is 22.3. The molecule has 0 unspecified atom stereocenters. The van der Waals surface area contributed by atoms with Gasteiger partial charge in [0.15, 0.2) is 0 Å². The summed E-state index contributed by atoms with van der Waals surface area (Å²) in [4.78, 5) is 9.09. The topological polar surface area (TPSA) is 53.0 Å².